The molecule has 0 heterocycles. The third-order valence-corrected chi connectivity index (χ3v) is 1.75. The maximum absolute atomic E-state index is 5.47. The molecule has 3 nitrogen and oxygen atoms in total. The second kappa shape index (κ2) is 3.39. The fourth-order valence-electron chi connectivity index (χ4n) is 0.722. The first-order chi connectivity index (χ1) is 5.24. The lowest BCUT2D eigenvalue weighted by atomic mass is 10.2. The fourth-order valence-corrected chi connectivity index (χ4v) is 1.12. The van der Waals surface area contributed by atoms with Crippen molar-refractivity contribution in [2.24, 2.45) is 16.7 Å². The third-order valence-electron chi connectivity index (χ3n) is 1.26. The number of rotatable bonds is 1. The van der Waals surface area contributed by atoms with Crippen LogP contribution in [-0.2, 0) is 0 Å². The Morgan fingerprint density at radius 3 is 2.73 bits per heavy atom. The van der Waals surface area contributed by atoms with Crippen molar-refractivity contribution >= 4 is 21.8 Å². The number of nitrogens with two attached hydrogens (primary N) is 2. The summed E-state index contributed by atoms with van der Waals surface area (Å²) >= 11 is 3.31. The Kier molecular flexibility index (Phi) is 2.48. The molecule has 0 unspecified atom stereocenters. The summed E-state index contributed by atoms with van der Waals surface area (Å²) in [5.41, 5.74) is 6.29. The average Bonchev–Trinajstić information content (AvgIpc) is 2.03. The summed E-state index contributed by atoms with van der Waals surface area (Å²) in [5, 5.41) is 3.37. The molecule has 0 saturated carbocycles. The molecule has 1 aromatic carbocycles. The molecule has 1 rings (SSSR count). The summed E-state index contributed by atoms with van der Waals surface area (Å²) in [6.07, 6.45) is 0. The van der Waals surface area contributed by atoms with Gasteiger partial charge >= 0.3 is 0 Å². The van der Waals surface area contributed by atoms with E-state index < -0.39 is 0 Å². The van der Waals surface area contributed by atoms with Gasteiger partial charge < -0.3 is 11.6 Å². The molecule has 0 aliphatic carbocycles. The zero-order valence-corrected chi connectivity index (χ0v) is 7.38. The number of benzene rings is 1. The van der Waals surface area contributed by atoms with E-state index in [1.165, 1.54) is 0 Å². The molecule has 0 aliphatic rings. The van der Waals surface area contributed by atoms with Crippen molar-refractivity contribution in [1.29, 1.82) is 0 Å². The van der Waals surface area contributed by atoms with Crippen molar-refractivity contribution in [1.82, 2.24) is 0 Å². The van der Waals surface area contributed by atoms with Gasteiger partial charge in [0.25, 0.3) is 0 Å². The number of hydrogen-bond donors (Lipinski definition) is 2. The molecular formula is C7H8BrN3. The van der Waals surface area contributed by atoms with Crippen LogP contribution in [0.5, 0.6) is 0 Å². The smallest absolute Gasteiger partial charge is 0.150 e. The van der Waals surface area contributed by atoms with Gasteiger partial charge in [-0.15, -0.1) is 0 Å². The maximum Gasteiger partial charge on any atom is 0.150 e. The molecule has 4 heteroatoms. The van der Waals surface area contributed by atoms with E-state index in [2.05, 4.69) is 21.0 Å². The van der Waals surface area contributed by atoms with Crippen LogP contribution in [0, 0.1) is 0 Å². The van der Waals surface area contributed by atoms with Crippen molar-refractivity contribution in [3.63, 3.8) is 0 Å². The Morgan fingerprint density at radius 1 is 1.45 bits per heavy atom. The van der Waals surface area contributed by atoms with Crippen molar-refractivity contribution in [2.75, 3.05) is 0 Å². The molecule has 4 N–H and O–H groups in total. The van der Waals surface area contributed by atoms with Crippen LogP contribution in [0.4, 0.5) is 0 Å². The highest BCUT2D eigenvalue weighted by molar-refractivity contribution is 9.10. The summed E-state index contributed by atoms with van der Waals surface area (Å²) in [4.78, 5) is 0. The minimum atomic E-state index is 0.339. The number of halogens is 1. The Labute approximate surface area is 73.2 Å². The van der Waals surface area contributed by atoms with Gasteiger partial charge in [0.15, 0.2) is 0 Å². The van der Waals surface area contributed by atoms with Crippen LogP contribution in [0.3, 0.4) is 0 Å². The van der Waals surface area contributed by atoms with Crippen LogP contribution in [0.15, 0.2) is 33.8 Å². The molecule has 0 amide bonds. The molecule has 11 heavy (non-hydrogen) atoms. The largest absolute Gasteiger partial charge is 0.382 e. The Balaban J connectivity index is 3.06. The van der Waals surface area contributed by atoms with Crippen LogP contribution in [-0.4, -0.2) is 5.84 Å². The predicted molar refractivity (Wildman–Crippen MR) is 49.1 cm³/mol. The second-order valence-corrected chi connectivity index (χ2v) is 2.94. The minimum Gasteiger partial charge on any atom is -0.382 e. The molecule has 0 saturated heterocycles. The number of nitrogens with zero attached hydrogens (tertiary/aromatic N) is 1. The Morgan fingerprint density at radius 2 is 2.18 bits per heavy atom. The summed E-state index contributed by atoms with van der Waals surface area (Å²) < 4.78 is 0.960. The van der Waals surface area contributed by atoms with Crippen LogP contribution < -0.4 is 11.6 Å². The highest BCUT2D eigenvalue weighted by Crippen LogP contribution is 2.10. The van der Waals surface area contributed by atoms with E-state index in [-0.39, 0.29) is 0 Å². The Hall–Kier alpha value is -1.03. The van der Waals surface area contributed by atoms with Gasteiger partial charge in [0.1, 0.15) is 5.84 Å². The summed E-state index contributed by atoms with van der Waals surface area (Å²) in [5.74, 6) is 5.34. The molecule has 1 aromatic rings. The summed E-state index contributed by atoms with van der Waals surface area (Å²) in [7, 11) is 0. The van der Waals surface area contributed by atoms with E-state index in [0.717, 1.165) is 10.0 Å². The summed E-state index contributed by atoms with van der Waals surface area (Å²) in [6.45, 7) is 0. The number of amidine groups is 1. The first kappa shape index (κ1) is 8.07. The highest BCUT2D eigenvalue weighted by atomic mass is 79.9. The van der Waals surface area contributed by atoms with E-state index in [9.17, 15) is 0 Å². The van der Waals surface area contributed by atoms with Gasteiger partial charge in [-0.25, -0.2) is 0 Å². The van der Waals surface area contributed by atoms with Gasteiger partial charge in [-0.05, 0) is 12.1 Å². The van der Waals surface area contributed by atoms with Gasteiger partial charge in [0.2, 0.25) is 0 Å². The number of hydrazone groups is 1. The predicted octanol–water partition coefficient (Wildman–Crippen LogP) is 1.03. The van der Waals surface area contributed by atoms with E-state index in [1.807, 2.05) is 24.3 Å². The molecule has 0 aliphatic heterocycles. The minimum absolute atomic E-state index is 0.339. The van der Waals surface area contributed by atoms with Gasteiger partial charge in [0, 0.05) is 10.0 Å². The first-order valence-corrected chi connectivity index (χ1v) is 3.82. The molecule has 58 valence electrons. The van der Waals surface area contributed by atoms with Crippen LogP contribution >= 0.6 is 15.9 Å². The molecule has 0 atom stereocenters. The van der Waals surface area contributed by atoms with E-state index in [4.69, 9.17) is 11.6 Å². The van der Waals surface area contributed by atoms with E-state index >= 15 is 0 Å². The van der Waals surface area contributed by atoms with Gasteiger partial charge in [-0.1, -0.05) is 28.1 Å². The first-order valence-electron chi connectivity index (χ1n) is 3.03. The zero-order chi connectivity index (χ0) is 8.27. The van der Waals surface area contributed by atoms with Gasteiger partial charge in [-0.3, -0.25) is 0 Å². The lowest BCUT2D eigenvalue weighted by molar-refractivity contribution is 1.23. The SMILES string of the molecule is N/N=C(\N)c1cccc(Br)c1. The third kappa shape index (κ3) is 1.94. The highest BCUT2D eigenvalue weighted by Gasteiger charge is 1.96. The number of hydrogen-bond acceptors (Lipinski definition) is 2. The van der Waals surface area contributed by atoms with E-state index in [0.29, 0.717) is 5.84 Å². The van der Waals surface area contributed by atoms with Crippen molar-refractivity contribution in [2.45, 2.75) is 0 Å². The van der Waals surface area contributed by atoms with Crippen molar-refractivity contribution in [3.8, 4) is 0 Å². The summed E-state index contributed by atoms with van der Waals surface area (Å²) in [6, 6.07) is 7.48. The normalized spacial score (nSPS) is 11.5. The van der Waals surface area contributed by atoms with Crippen molar-refractivity contribution < 1.29 is 0 Å². The average molecular weight is 214 g/mol. The maximum atomic E-state index is 5.47. The zero-order valence-electron chi connectivity index (χ0n) is 5.79. The molecule has 0 bridgehead atoms. The second-order valence-electron chi connectivity index (χ2n) is 2.02. The lowest BCUT2D eigenvalue weighted by Gasteiger charge is -1.97. The molecule has 0 aromatic heterocycles. The van der Waals surface area contributed by atoms with Gasteiger partial charge in [-0.2, -0.15) is 5.10 Å². The Bertz CT molecular complexity index is 283. The quantitative estimate of drug-likeness (QED) is 0.317. The monoisotopic (exact) mass is 213 g/mol. The van der Waals surface area contributed by atoms with Crippen LogP contribution in [0.2, 0.25) is 0 Å². The fraction of sp³-hybridized carbons (Fsp3) is 0. The van der Waals surface area contributed by atoms with Crippen LogP contribution in [0.1, 0.15) is 5.56 Å². The molecule has 0 radical (unpaired) electrons. The topological polar surface area (TPSA) is 64.4 Å². The lowest BCUT2D eigenvalue weighted by Crippen LogP contribution is -2.15. The van der Waals surface area contributed by atoms with Gasteiger partial charge in [0.05, 0.1) is 0 Å². The molecule has 0 spiro atoms. The molecule has 0 fully saturated rings. The standard InChI is InChI=1S/C7H8BrN3/c8-6-3-1-2-5(4-6)7(9)11-10/h1-4H,10H2,(H2,9,11). The molecular weight excluding hydrogens is 206 g/mol. The van der Waals surface area contributed by atoms with Crippen molar-refractivity contribution in [3.05, 3.63) is 34.3 Å². The van der Waals surface area contributed by atoms with E-state index in [1.54, 1.807) is 0 Å². The van der Waals surface area contributed by atoms with Crippen LogP contribution in [0.25, 0.3) is 0 Å².